The van der Waals surface area contributed by atoms with Gasteiger partial charge in [-0.05, 0) is 48.2 Å². The molecule has 16 heavy (non-hydrogen) atoms. The zero-order valence-corrected chi connectivity index (χ0v) is 10.8. The molecular formula is C14H14BrN. The molecule has 0 saturated heterocycles. The highest BCUT2D eigenvalue weighted by Gasteiger charge is 2.03. The molecule has 0 aliphatic heterocycles. The van der Waals surface area contributed by atoms with Gasteiger partial charge in [0.2, 0.25) is 0 Å². The number of anilines is 1. The number of hydrogen-bond acceptors (Lipinski definition) is 1. The summed E-state index contributed by atoms with van der Waals surface area (Å²) in [4.78, 5) is 0. The number of nitrogen functional groups attached to an aromatic ring is 1. The highest BCUT2D eigenvalue weighted by molar-refractivity contribution is 9.10. The summed E-state index contributed by atoms with van der Waals surface area (Å²) in [5.74, 6) is 0. The average molecular weight is 276 g/mol. The minimum atomic E-state index is 0.853. The Balaban J connectivity index is 2.34. The minimum Gasteiger partial charge on any atom is -0.398 e. The van der Waals surface area contributed by atoms with Crippen molar-refractivity contribution < 1.29 is 0 Å². The molecule has 2 aromatic carbocycles. The van der Waals surface area contributed by atoms with Gasteiger partial charge in [0.25, 0.3) is 0 Å². The monoisotopic (exact) mass is 275 g/mol. The highest BCUT2D eigenvalue weighted by Crippen LogP contribution is 2.22. The zero-order chi connectivity index (χ0) is 11.5. The molecule has 1 nitrogen and oxygen atoms in total. The van der Waals surface area contributed by atoms with Gasteiger partial charge in [-0.3, -0.25) is 0 Å². The quantitative estimate of drug-likeness (QED) is 0.826. The predicted octanol–water partition coefficient (Wildman–Crippen LogP) is 3.93. The van der Waals surface area contributed by atoms with Crippen LogP contribution in [0.5, 0.6) is 0 Å². The van der Waals surface area contributed by atoms with Gasteiger partial charge in [-0.25, -0.2) is 0 Å². The molecule has 0 heterocycles. The molecule has 0 saturated carbocycles. The third-order valence-electron chi connectivity index (χ3n) is 2.75. The second kappa shape index (κ2) is 4.71. The Labute approximate surface area is 104 Å². The van der Waals surface area contributed by atoms with E-state index in [1.807, 2.05) is 12.1 Å². The van der Waals surface area contributed by atoms with Gasteiger partial charge in [0.15, 0.2) is 0 Å². The first kappa shape index (κ1) is 11.2. The van der Waals surface area contributed by atoms with Crippen molar-refractivity contribution in [2.45, 2.75) is 13.3 Å². The number of halogens is 1. The lowest BCUT2D eigenvalue weighted by molar-refractivity contribution is 1.16. The predicted molar refractivity (Wildman–Crippen MR) is 72.5 cm³/mol. The van der Waals surface area contributed by atoms with E-state index < -0.39 is 0 Å². The first-order chi connectivity index (χ1) is 7.66. The standard InChI is InChI=1S/C14H14BrN/c1-10-4-2-3-5-11(10)8-12-9-13(15)6-7-14(12)16/h2-7,9H,8,16H2,1H3. The zero-order valence-electron chi connectivity index (χ0n) is 9.20. The lowest BCUT2D eigenvalue weighted by atomic mass is 10.00. The van der Waals surface area contributed by atoms with Gasteiger partial charge in [0.05, 0.1) is 0 Å². The fourth-order valence-corrected chi connectivity index (χ4v) is 2.15. The topological polar surface area (TPSA) is 26.0 Å². The third-order valence-corrected chi connectivity index (χ3v) is 3.24. The molecule has 0 unspecified atom stereocenters. The molecule has 0 atom stereocenters. The highest BCUT2D eigenvalue weighted by atomic mass is 79.9. The second-order valence-corrected chi connectivity index (χ2v) is 4.86. The molecule has 82 valence electrons. The Morgan fingerprint density at radius 2 is 1.81 bits per heavy atom. The van der Waals surface area contributed by atoms with E-state index in [-0.39, 0.29) is 0 Å². The Bertz CT molecular complexity index is 506. The molecule has 2 heteroatoms. The van der Waals surface area contributed by atoms with Gasteiger partial charge in [-0.2, -0.15) is 0 Å². The molecule has 0 aliphatic carbocycles. The summed E-state index contributed by atoms with van der Waals surface area (Å²) in [6, 6.07) is 14.4. The van der Waals surface area contributed by atoms with E-state index in [4.69, 9.17) is 5.73 Å². The number of hydrogen-bond donors (Lipinski definition) is 1. The van der Waals surface area contributed by atoms with Gasteiger partial charge in [0, 0.05) is 10.2 Å². The number of benzene rings is 2. The molecule has 0 fully saturated rings. The van der Waals surface area contributed by atoms with Crippen molar-refractivity contribution in [3.8, 4) is 0 Å². The SMILES string of the molecule is Cc1ccccc1Cc1cc(Br)ccc1N. The molecule has 0 aromatic heterocycles. The van der Waals surface area contributed by atoms with E-state index in [1.165, 1.54) is 16.7 Å². The van der Waals surface area contributed by atoms with Crippen molar-refractivity contribution in [2.24, 2.45) is 0 Å². The molecule has 2 N–H and O–H groups in total. The first-order valence-electron chi connectivity index (χ1n) is 5.25. The number of rotatable bonds is 2. The molecular weight excluding hydrogens is 262 g/mol. The van der Waals surface area contributed by atoms with Crippen molar-refractivity contribution in [1.29, 1.82) is 0 Å². The van der Waals surface area contributed by atoms with E-state index in [0.29, 0.717) is 0 Å². The Morgan fingerprint density at radius 3 is 2.56 bits per heavy atom. The van der Waals surface area contributed by atoms with E-state index in [0.717, 1.165) is 16.6 Å². The normalized spacial score (nSPS) is 10.4. The van der Waals surface area contributed by atoms with Gasteiger partial charge < -0.3 is 5.73 Å². The number of aryl methyl sites for hydroxylation is 1. The maximum absolute atomic E-state index is 5.97. The summed E-state index contributed by atoms with van der Waals surface area (Å²) in [7, 11) is 0. The van der Waals surface area contributed by atoms with Crippen molar-refractivity contribution >= 4 is 21.6 Å². The molecule has 2 aromatic rings. The van der Waals surface area contributed by atoms with Crippen molar-refractivity contribution in [3.63, 3.8) is 0 Å². The van der Waals surface area contributed by atoms with Crippen LogP contribution in [0.2, 0.25) is 0 Å². The maximum Gasteiger partial charge on any atom is 0.0350 e. The van der Waals surface area contributed by atoms with Gasteiger partial charge in [-0.1, -0.05) is 40.2 Å². The Morgan fingerprint density at radius 1 is 1.06 bits per heavy atom. The van der Waals surface area contributed by atoms with Gasteiger partial charge in [0.1, 0.15) is 0 Å². The lowest BCUT2D eigenvalue weighted by Crippen LogP contribution is -1.97. The van der Waals surface area contributed by atoms with Crippen LogP contribution in [0.4, 0.5) is 5.69 Å². The van der Waals surface area contributed by atoms with Crippen LogP contribution in [-0.2, 0) is 6.42 Å². The third kappa shape index (κ3) is 2.45. The summed E-state index contributed by atoms with van der Waals surface area (Å²) in [5, 5.41) is 0. The molecule has 0 spiro atoms. The van der Waals surface area contributed by atoms with Crippen LogP contribution in [0.25, 0.3) is 0 Å². The molecule has 0 bridgehead atoms. The minimum absolute atomic E-state index is 0.853. The summed E-state index contributed by atoms with van der Waals surface area (Å²) < 4.78 is 1.07. The van der Waals surface area contributed by atoms with E-state index in [2.05, 4.69) is 53.2 Å². The van der Waals surface area contributed by atoms with Crippen LogP contribution >= 0.6 is 15.9 Å². The Kier molecular flexibility index (Phi) is 3.30. The van der Waals surface area contributed by atoms with E-state index in [1.54, 1.807) is 0 Å². The van der Waals surface area contributed by atoms with Crippen molar-refractivity contribution in [3.05, 3.63) is 63.6 Å². The van der Waals surface area contributed by atoms with Gasteiger partial charge in [-0.15, -0.1) is 0 Å². The fourth-order valence-electron chi connectivity index (χ4n) is 1.74. The summed E-state index contributed by atoms with van der Waals surface area (Å²) in [6.45, 7) is 2.13. The number of nitrogens with two attached hydrogens (primary N) is 1. The van der Waals surface area contributed by atoms with Crippen molar-refractivity contribution in [2.75, 3.05) is 5.73 Å². The fraction of sp³-hybridized carbons (Fsp3) is 0.143. The van der Waals surface area contributed by atoms with Crippen LogP contribution in [0.3, 0.4) is 0 Å². The van der Waals surface area contributed by atoms with Crippen LogP contribution in [0.15, 0.2) is 46.9 Å². The lowest BCUT2D eigenvalue weighted by Gasteiger charge is -2.08. The molecule has 0 aliphatic rings. The van der Waals surface area contributed by atoms with Crippen LogP contribution in [0.1, 0.15) is 16.7 Å². The molecule has 0 amide bonds. The van der Waals surface area contributed by atoms with Crippen LogP contribution < -0.4 is 5.73 Å². The molecule has 0 radical (unpaired) electrons. The summed E-state index contributed by atoms with van der Waals surface area (Å²) in [5.41, 5.74) is 10.6. The molecule has 2 rings (SSSR count). The Hall–Kier alpha value is -1.28. The van der Waals surface area contributed by atoms with Crippen LogP contribution in [-0.4, -0.2) is 0 Å². The largest absolute Gasteiger partial charge is 0.398 e. The van der Waals surface area contributed by atoms with Crippen molar-refractivity contribution in [1.82, 2.24) is 0 Å². The second-order valence-electron chi connectivity index (χ2n) is 3.95. The summed E-state index contributed by atoms with van der Waals surface area (Å²) >= 11 is 3.47. The van der Waals surface area contributed by atoms with E-state index >= 15 is 0 Å². The van der Waals surface area contributed by atoms with E-state index in [9.17, 15) is 0 Å². The average Bonchev–Trinajstić information content (AvgIpc) is 2.27. The van der Waals surface area contributed by atoms with Gasteiger partial charge >= 0.3 is 0 Å². The van der Waals surface area contributed by atoms with Crippen LogP contribution in [0, 0.1) is 6.92 Å². The first-order valence-corrected chi connectivity index (χ1v) is 6.04. The smallest absolute Gasteiger partial charge is 0.0350 e. The maximum atomic E-state index is 5.97. The summed E-state index contributed by atoms with van der Waals surface area (Å²) in [6.07, 6.45) is 0.887.